The Morgan fingerprint density at radius 3 is 2.57 bits per heavy atom. The number of ether oxygens (including phenoxy) is 1. The molecule has 0 bridgehead atoms. The van der Waals surface area contributed by atoms with Crippen molar-refractivity contribution in [2.45, 2.75) is 43.0 Å². The van der Waals surface area contributed by atoms with Crippen molar-refractivity contribution < 1.29 is 13.2 Å². The molecule has 1 atom stereocenters. The summed E-state index contributed by atoms with van der Waals surface area (Å²) in [7, 11) is -2.29. The number of nitrogens with two attached hydrogens (primary N) is 1. The lowest BCUT2D eigenvalue weighted by Crippen LogP contribution is -2.45. The van der Waals surface area contributed by atoms with E-state index in [1.165, 1.54) is 19.6 Å². The van der Waals surface area contributed by atoms with E-state index in [-0.39, 0.29) is 35.6 Å². The summed E-state index contributed by atoms with van der Waals surface area (Å²) in [4.78, 5) is 0.0526. The maximum Gasteiger partial charge on any atom is 0.244 e. The van der Waals surface area contributed by atoms with Gasteiger partial charge >= 0.3 is 0 Å². The van der Waals surface area contributed by atoms with Crippen LogP contribution in [0.25, 0.3) is 0 Å². The molecule has 0 spiro atoms. The Labute approximate surface area is 149 Å². The second kappa shape index (κ2) is 9.08. The Kier molecular flexibility index (Phi) is 8.10. The average molecular weight is 383 g/mol. The lowest BCUT2D eigenvalue weighted by atomic mass is 9.84. The van der Waals surface area contributed by atoms with Gasteiger partial charge in [0.2, 0.25) is 10.0 Å². The Hall–Kier alpha value is -0.530. The first-order valence-electron chi connectivity index (χ1n) is 7.54. The molecule has 0 aliphatic heterocycles. The normalized spacial score (nSPS) is 17.3. The highest BCUT2D eigenvalue weighted by Crippen LogP contribution is 2.30. The Morgan fingerprint density at radius 1 is 1.35 bits per heavy atom. The van der Waals surface area contributed by atoms with Gasteiger partial charge in [0.1, 0.15) is 10.6 Å². The summed E-state index contributed by atoms with van der Waals surface area (Å²) in [5.41, 5.74) is 5.81. The molecule has 23 heavy (non-hydrogen) atoms. The van der Waals surface area contributed by atoms with E-state index in [0.29, 0.717) is 10.9 Å². The van der Waals surface area contributed by atoms with Crippen LogP contribution in [0.4, 0.5) is 0 Å². The van der Waals surface area contributed by atoms with Crippen molar-refractivity contribution in [1.29, 1.82) is 0 Å². The molecule has 1 aromatic rings. The van der Waals surface area contributed by atoms with Crippen LogP contribution in [0.1, 0.15) is 32.1 Å². The van der Waals surface area contributed by atoms with Crippen LogP contribution in [0.5, 0.6) is 5.75 Å². The minimum atomic E-state index is -3.73. The summed E-state index contributed by atoms with van der Waals surface area (Å²) >= 11 is 5.93. The largest absolute Gasteiger partial charge is 0.495 e. The molecular formula is C15H24Cl2N2O3S. The van der Waals surface area contributed by atoms with Crippen molar-refractivity contribution in [2.24, 2.45) is 11.7 Å². The molecule has 1 fully saturated rings. The zero-order valence-electron chi connectivity index (χ0n) is 13.1. The monoisotopic (exact) mass is 382 g/mol. The fraction of sp³-hybridized carbons (Fsp3) is 0.600. The molecule has 132 valence electrons. The second-order valence-corrected chi connectivity index (χ2v) is 7.78. The number of hydrogen-bond donors (Lipinski definition) is 2. The van der Waals surface area contributed by atoms with Gasteiger partial charge in [-0.25, -0.2) is 13.1 Å². The lowest BCUT2D eigenvalue weighted by Gasteiger charge is -2.30. The molecule has 0 aromatic heterocycles. The van der Waals surface area contributed by atoms with Crippen molar-refractivity contribution in [3.63, 3.8) is 0 Å². The third-order valence-corrected chi connectivity index (χ3v) is 5.94. The van der Waals surface area contributed by atoms with Crippen LogP contribution in [-0.4, -0.2) is 28.1 Å². The molecule has 1 saturated carbocycles. The number of methoxy groups -OCH3 is 1. The van der Waals surface area contributed by atoms with Gasteiger partial charge in [-0.05, 0) is 37.0 Å². The molecule has 1 aromatic carbocycles. The zero-order valence-corrected chi connectivity index (χ0v) is 15.5. The topological polar surface area (TPSA) is 81.4 Å². The van der Waals surface area contributed by atoms with Crippen molar-refractivity contribution in [1.82, 2.24) is 4.72 Å². The van der Waals surface area contributed by atoms with Gasteiger partial charge in [0.05, 0.1) is 7.11 Å². The fourth-order valence-electron chi connectivity index (χ4n) is 3.00. The van der Waals surface area contributed by atoms with Crippen LogP contribution in [0.15, 0.2) is 23.1 Å². The molecule has 5 nitrogen and oxygen atoms in total. The fourth-order valence-corrected chi connectivity index (χ4v) is 4.75. The van der Waals surface area contributed by atoms with E-state index in [9.17, 15) is 8.42 Å². The predicted octanol–water partition coefficient (Wildman–Crippen LogP) is 2.96. The van der Waals surface area contributed by atoms with E-state index >= 15 is 0 Å². The van der Waals surface area contributed by atoms with E-state index < -0.39 is 10.0 Å². The smallest absolute Gasteiger partial charge is 0.244 e. The summed E-state index contributed by atoms with van der Waals surface area (Å²) in [6, 6.07) is 4.29. The average Bonchev–Trinajstić information content (AvgIpc) is 2.53. The maximum absolute atomic E-state index is 12.7. The van der Waals surface area contributed by atoms with Crippen LogP contribution >= 0.6 is 24.0 Å². The minimum Gasteiger partial charge on any atom is -0.495 e. The molecule has 0 amide bonds. The summed E-state index contributed by atoms with van der Waals surface area (Å²) in [5.74, 6) is 0.565. The molecule has 1 aliphatic carbocycles. The number of nitrogens with one attached hydrogen (secondary N) is 1. The first-order chi connectivity index (χ1) is 10.5. The van der Waals surface area contributed by atoms with Gasteiger partial charge in [-0.1, -0.05) is 30.9 Å². The van der Waals surface area contributed by atoms with Gasteiger partial charge < -0.3 is 10.5 Å². The first kappa shape index (κ1) is 20.5. The first-order valence-corrected chi connectivity index (χ1v) is 9.40. The van der Waals surface area contributed by atoms with Crippen LogP contribution in [0.3, 0.4) is 0 Å². The van der Waals surface area contributed by atoms with Crippen molar-refractivity contribution in [3.8, 4) is 5.75 Å². The summed E-state index contributed by atoms with van der Waals surface area (Å²) in [6.07, 6.45) is 5.49. The van der Waals surface area contributed by atoms with E-state index in [4.69, 9.17) is 22.1 Å². The molecule has 8 heteroatoms. The maximum atomic E-state index is 12.7. The van der Waals surface area contributed by atoms with E-state index in [1.54, 1.807) is 12.1 Å². The molecular weight excluding hydrogens is 359 g/mol. The van der Waals surface area contributed by atoms with Gasteiger partial charge in [-0.2, -0.15) is 0 Å². The number of hydrogen-bond acceptors (Lipinski definition) is 4. The molecule has 1 aliphatic rings. The summed E-state index contributed by atoms with van der Waals surface area (Å²) in [5, 5.41) is 0.350. The zero-order chi connectivity index (χ0) is 16.2. The minimum absolute atomic E-state index is 0. The predicted molar refractivity (Wildman–Crippen MR) is 95.0 cm³/mol. The number of halogens is 2. The Morgan fingerprint density at radius 2 is 2.00 bits per heavy atom. The SMILES string of the molecule is COc1ccc(Cl)cc1S(=O)(=O)NC(CN)C1CCCCC1.Cl. The Balaban J connectivity index is 0.00000264. The molecule has 2 rings (SSSR count). The molecule has 0 heterocycles. The number of benzene rings is 1. The molecule has 0 radical (unpaired) electrons. The van der Waals surface area contributed by atoms with Crippen LogP contribution < -0.4 is 15.2 Å². The van der Waals surface area contributed by atoms with Crippen molar-refractivity contribution in [3.05, 3.63) is 23.2 Å². The standard InChI is InChI=1S/C15H23ClN2O3S.ClH/c1-21-14-8-7-12(16)9-15(14)22(19,20)18-13(10-17)11-5-3-2-4-6-11;/h7-9,11,13,18H,2-6,10,17H2,1H3;1H. The van der Waals surface area contributed by atoms with Gasteiger partial charge in [-0.3, -0.25) is 0 Å². The lowest BCUT2D eigenvalue weighted by molar-refractivity contribution is 0.294. The second-order valence-electron chi connectivity index (χ2n) is 5.66. The van der Waals surface area contributed by atoms with Crippen LogP contribution in [-0.2, 0) is 10.0 Å². The highest BCUT2D eigenvalue weighted by Gasteiger charge is 2.29. The van der Waals surface area contributed by atoms with E-state index in [0.717, 1.165) is 25.7 Å². The van der Waals surface area contributed by atoms with Gasteiger partial charge in [0, 0.05) is 17.6 Å². The van der Waals surface area contributed by atoms with Gasteiger partial charge in [-0.15, -0.1) is 12.4 Å². The van der Waals surface area contributed by atoms with E-state index in [2.05, 4.69) is 4.72 Å². The molecule has 1 unspecified atom stereocenters. The summed E-state index contributed by atoms with van der Waals surface area (Å²) < 4.78 is 33.2. The van der Waals surface area contributed by atoms with Gasteiger partial charge in [0.15, 0.2) is 0 Å². The summed E-state index contributed by atoms with van der Waals surface area (Å²) in [6.45, 7) is 0.285. The molecule has 0 saturated heterocycles. The van der Waals surface area contributed by atoms with Gasteiger partial charge in [0.25, 0.3) is 0 Å². The number of rotatable bonds is 6. The molecule has 3 N–H and O–H groups in total. The van der Waals surface area contributed by atoms with E-state index in [1.807, 2.05) is 0 Å². The van der Waals surface area contributed by atoms with Crippen LogP contribution in [0, 0.1) is 5.92 Å². The van der Waals surface area contributed by atoms with Crippen molar-refractivity contribution >= 4 is 34.0 Å². The highest BCUT2D eigenvalue weighted by atomic mass is 35.5. The van der Waals surface area contributed by atoms with Crippen molar-refractivity contribution in [2.75, 3.05) is 13.7 Å². The third-order valence-electron chi connectivity index (χ3n) is 4.19. The highest BCUT2D eigenvalue weighted by molar-refractivity contribution is 7.89. The third kappa shape index (κ3) is 5.22. The Bertz CT molecular complexity index is 605. The number of sulfonamides is 1. The quantitative estimate of drug-likeness (QED) is 0.792. The van der Waals surface area contributed by atoms with Crippen LogP contribution in [0.2, 0.25) is 5.02 Å².